The number of halogens is 1. The molecule has 0 atom stereocenters. The van der Waals surface area contributed by atoms with Crippen LogP contribution in [0.15, 0.2) is 35.1 Å². The van der Waals surface area contributed by atoms with Crippen LogP contribution in [0.25, 0.3) is 0 Å². The zero-order valence-corrected chi connectivity index (χ0v) is 10.2. The number of anilines is 2. The highest BCUT2D eigenvalue weighted by atomic mass is 79.9. The van der Waals surface area contributed by atoms with Crippen LogP contribution in [0, 0.1) is 6.92 Å². The number of rotatable bonds is 2. The van der Waals surface area contributed by atoms with Crippen molar-refractivity contribution >= 4 is 27.4 Å². The van der Waals surface area contributed by atoms with Crippen molar-refractivity contribution in [1.29, 1.82) is 0 Å². The van der Waals surface area contributed by atoms with E-state index in [-0.39, 0.29) is 0 Å². The standard InChI is InChI=1S/C11H12BrN3/c1-8-10(12)3-4-11(14-8)15(2)9-5-6-13-7-9/h3-7,13H,1-2H3. The van der Waals surface area contributed by atoms with E-state index < -0.39 is 0 Å². The number of aromatic amines is 1. The van der Waals surface area contributed by atoms with E-state index in [1.807, 2.05) is 49.5 Å². The largest absolute Gasteiger partial charge is 0.366 e. The van der Waals surface area contributed by atoms with Gasteiger partial charge in [-0.2, -0.15) is 0 Å². The number of nitrogens with one attached hydrogen (secondary N) is 1. The summed E-state index contributed by atoms with van der Waals surface area (Å²) in [6, 6.07) is 6.02. The average molecular weight is 266 g/mol. The highest BCUT2D eigenvalue weighted by Gasteiger charge is 2.06. The van der Waals surface area contributed by atoms with Crippen molar-refractivity contribution in [3.05, 3.63) is 40.8 Å². The van der Waals surface area contributed by atoms with Crippen molar-refractivity contribution in [1.82, 2.24) is 9.97 Å². The van der Waals surface area contributed by atoms with Gasteiger partial charge in [0.1, 0.15) is 5.82 Å². The molecule has 0 aromatic carbocycles. The average Bonchev–Trinajstić information content (AvgIpc) is 2.74. The smallest absolute Gasteiger partial charge is 0.133 e. The van der Waals surface area contributed by atoms with Crippen LogP contribution in [0.1, 0.15) is 5.69 Å². The highest BCUT2D eigenvalue weighted by molar-refractivity contribution is 9.10. The minimum absolute atomic E-state index is 0.940. The van der Waals surface area contributed by atoms with E-state index in [1.165, 1.54) is 0 Å². The molecule has 2 rings (SSSR count). The summed E-state index contributed by atoms with van der Waals surface area (Å²) in [5, 5.41) is 0. The lowest BCUT2D eigenvalue weighted by Crippen LogP contribution is -2.10. The van der Waals surface area contributed by atoms with E-state index in [9.17, 15) is 0 Å². The van der Waals surface area contributed by atoms with Gasteiger partial charge in [-0.15, -0.1) is 0 Å². The Morgan fingerprint density at radius 2 is 2.13 bits per heavy atom. The first-order valence-electron chi connectivity index (χ1n) is 4.68. The second kappa shape index (κ2) is 4.06. The lowest BCUT2D eigenvalue weighted by atomic mass is 10.3. The molecule has 1 N–H and O–H groups in total. The van der Waals surface area contributed by atoms with Crippen LogP contribution in [-0.4, -0.2) is 17.0 Å². The van der Waals surface area contributed by atoms with Crippen molar-refractivity contribution < 1.29 is 0 Å². The van der Waals surface area contributed by atoms with Gasteiger partial charge in [0.25, 0.3) is 0 Å². The first-order chi connectivity index (χ1) is 7.18. The monoisotopic (exact) mass is 265 g/mol. The second-order valence-corrected chi connectivity index (χ2v) is 4.22. The minimum Gasteiger partial charge on any atom is -0.366 e. The van der Waals surface area contributed by atoms with Crippen molar-refractivity contribution in [2.45, 2.75) is 6.92 Å². The molecule has 0 bridgehead atoms. The van der Waals surface area contributed by atoms with Gasteiger partial charge < -0.3 is 9.88 Å². The summed E-state index contributed by atoms with van der Waals surface area (Å²) in [5.41, 5.74) is 2.10. The van der Waals surface area contributed by atoms with Crippen molar-refractivity contribution in [3.8, 4) is 0 Å². The molecule has 2 aromatic rings. The van der Waals surface area contributed by atoms with Crippen LogP contribution in [0.3, 0.4) is 0 Å². The third kappa shape index (κ3) is 2.04. The molecule has 0 unspecified atom stereocenters. The van der Waals surface area contributed by atoms with Crippen molar-refractivity contribution in [3.63, 3.8) is 0 Å². The molecule has 78 valence electrons. The first-order valence-corrected chi connectivity index (χ1v) is 5.47. The molecule has 0 fully saturated rings. The van der Waals surface area contributed by atoms with Gasteiger partial charge >= 0.3 is 0 Å². The minimum atomic E-state index is 0.940. The molecule has 4 heteroatoms. The first kappa shape index (κ1) is 10.2. The molecule has 2 aromatic heterocycles. The van der Waals surface area contributed by atoms with E-state index in [2.05, 4.69) is 25.9 Å². The maximum Gasteiger partial charge on any atom is 0.133 e. The molecule has 0 spiro atoms. The molecule has 0 saturated carbocycles. The van der Waals surface area contributed by atoms with Crippen LogP contribution in [-0.2, 0) is 0 Å². The summed E-state index contributed by atoms with van der Waals surface area (Å²) >= 11 is 3.44. The lowest BCUT2D eigenvalue weighted by Gasteiger charge is -2.16. The summed E-state index contributed by atoms with van der Waals surface area (Å²) in [4.78, 5) is 9.56. The number of H-pyrrole nitrogens is 1. The van der Waals surface area contributed by atoms with Gasteiger partial charge in [-0.05, 0) is 41.1 Å². The quantitative estimate of drug-likeness (QED) is 0.904. The fraction of sp³-hybridized carbons (Fsp3) is 0.182. The van der Waals surface area contributed by atoms with Gasteiger partial charge in [-0.1, -0.05) is 0 Å². The Balaban J connectivity index is 2.34. The summed E-state index contributed by atoms with van der Waals surface area (Å²) in [6.45, 7) is 1.98. The maximum absolute atomic E-state index is 4.49. The summed E-state index contributed by atoms with van der Waals surface area (Å²) in [6.07, 6.45) is 3.84. The lowest BCUT2D eigenvalue weighted by molar-refractivity contribution is 1.08. The molecule has 2 heterocycles. The molecular weight excluding hydrogens is 254 g/mol. The molecule has 0 aliphatic heterocycles. The van der Waals surface area contributed by atoms with Gasteiger partial charge in [0, 0.05) is 23.9 Å². The number of hydrogen-bond acceptors (Lipinski definition) is 2. The van der Waals surface area contributed by atoms with Crippen molar-refractivity contribution in [2.24, 2.45) is 0 Å². The molecule has 0 amide bonds. The number of hydrogen-bond donors (Lipinski definition) is 1. The summed E-state index contributed by atoms with van der Waals surface area (Å²) in [7, 11) is 2.00. The Labute approximate surface area is 97.3 Å². The van der Waals surface area contributed by atoms with E-state index in [0.29, 0.717) is 0 Å². The SMILES string of the molecule is Cc1nc(N(C)c2cc[nH]c2)ccc1Br. The van der Waals surface area contributed by atoms with Crippen LogP contribution in [0.2, 0.25) is 0 Å². The van der Waals surface area contributed by atoms with E-state index in [4.69, 9.17) is 0 Å². The van der Waals surface area contributed by atoms with Crippen LogP contribution in [0.5, 0.6) is 0 Å². The van der Waals surface area contributed by atoms with Crippen LogP contribution in [0.4, 0.5) is 11.5 Å². The van der Waals surface area contributed by atoms with E-state index >= 15 is 0 Å². The third-order valence-corrected chi connectivity index (χ3v) is 3.16. The highest BCUT2D eigenvalue weighted by Crippen LogP contribution is 2.23. The van der Waals surface area contributed by atoms with Gasteiger partial charge in [-0.25, -0.2) is 4.98 Å². The Kier molecular flexibility index (Phi) is 2.77. The fourth-order valence-electron chi connectivity index (χ4n) is 1.37. The van der Waals surface area contributed by atoms with Crippen LogP contribution >= 0.6 is 15.9 Å². The van der Waals surface area contributed by atoms with Crippen LogP contribution < -0.4 is 4.90 Å². The summed E-state index contributed by atoms with van der Waals surface area (Å²) < 4.78 is 1.04. The molecule has 0 aliphatic rings. The van der Waals surface area contributed by atoms with Gasteiger partial charge in [0.2, 0.25) is 0 Å². The van der Waals surface area contributed by atoms with E-state index in [0.717, 1.165) is 21.7 Å². The fourth-order valence-corrected chi connectivity index (χ4v) is 1.59. The second-order valence-electron chi connectivity index (χ2n) is 3.36. The Morgan fingerprint density at radius 1 is 1.33 bits per heavy atom. The normalized spacial score (nSPS) is 10.3. The van der Waals surface area contributed by atoms with E-state index in [1.54, 1.807) is 0 Å². The predicted octanol–water partition coefficient (Wildman–Crippen LogP) is 3.25. The number of pyridine rings is 1. The predicted molar refractivity (Wildman–Crippen MR) is 65.5 cm³/mol. The molecule has 0 radical (unpaired) electrons. The molecule has 0 saturated heterocycles. The molecule has 3 nitrogen and oxygen atoms in total. The van der Waals surface area contributed by atoms with Gasteiger partial charge in [-0.3, -0.25) is 0 Å². The number of aryl methyl sites for hydroxylation is 1. The third-order valence-electron chi connectivity index (χ3n) is 2.32. The van der Waals surface area contributed by atoms with Crippen molar-refractivity contribution in [2.75, 3.05) is 11.9 Å². The molecule has 0 aliphatic carbocycles. The van der Waals surface area contributed by atoms with Gasteiger partial charge in [0.05, 0.1) is 11.4 Å². The van der Waals surface area contributed by atoms with Gasteiger partial charge in [0.15, 0.2) is 0 Å². The topological polar surface area (TPSA) is 31.9 Å². The maximum atomic E-state index is 4.49. The Morgan fingerprint density at radius 3 is 2.73 bits per heavy atom. The number of aromatic nitrogens is 2. The zero-order valence-electron chi connectivity index (χ0n) is 8.66. The zero-order chi connectivity index (χ0) is 10.8. The summed E-state index contributed by atoms with van der Waals surface area (Å²) in [5.74, 6) is 0.940. The number of nitrogens with zero attached hydrogens (tertiary/aromatic N) is 2. The Bertz CT molecular complexity index is 451. The molecule has 15 heavy (non-hydrogen) atoms. The molecular formula is C11H12BrN3. The Hall–Kier alpha value is -1.29.